The lowest BCUT2D eigenvalue weighted by atomic mass is 10.3. The SMILES string of the molecule is O=[N+]([O-])c1cnc(NCCN2CCNCC2)s1. The van der Waals surface area contributed by atoms with Gasteiger partial charge in [0.25, 0.3) is 0 Å². The first-order valence-corrected chi connectivity index (χ1v) is 6.34. The third-order valence-electron chi connectivity index (χ3n) is 2.59. The maximum atomic E-state index is 10.5. The normalized spacial score (nSPS) is 16.9. The van der Waals surface area contributed by atoms with Crippen LogP contribution in [0.3, 0.4) is 0 Å². The molecule has 0 saturated carbocycles. The van der Waals surface area contributed by atoms with Crippen LogP contribution in [0.5, 0.6) is 0 Å². The lowest BCUT2D eigenvalue weighted by Gasteiger charge is -2.26. The molecule has 2 N–H and O–H groups in total. The molecular weight excluding hydrogens is 242 g/mol. The first kappa shape index (κ1) is 12.2. The number of rotatable bonds is 5. The highest BCUT2D eigenvalue weighted by Crippen LogP contribution is 2.24. The van der Waals surface area contributed by atoms with Gasteiger partial charge in [0.1, 0.15) is 6.20 Å². The number of nitro groups is 1. The van der Waals surface area contributed by atoms with Crippen LogP contribution in [0, 0.1) is 10.1 Å². The molecule has 1 aromatic heterocycles. The molecule has 0 radical (unpaired) electrons. The van der Waals surface area contributed by atoms with Gasteiger partial charge in [0.15, 0.2) is 5.13 Å². The van der Waals surface area contributed by atoms with Crippen LogP contribution in [0.2, 0.25) is 0 Å². The van der Waals surface area contributed by atoms with Crippen LogP contribution in [0.15, 0.2) is 6.20 Å². The minimum absolute atomic E-state index is 0.0784. The van der Waals surface area contributed by atoms with Crippen LogP contribution < -0.4 is 10.6 Å². The first-order chi connectivity index (χ1) is 8.25. The molecule has 0 amide bonds. The smallest absolute Gasteiger partial charge is 0.345 e. The molecule has 1 saturated heterocycles. The zero-order valence-electron chi connectivity index (χ0n) is 9.39. The number of nitrogens with one attached hydrogen (secondary N) is 2. The van der Waals surface area contributed by atoms with Gasteiger partial charge in [0.2, 0.25) is 0 Å². The number of aromatic nitrogens is 1. The van der Waals surface area contributed by atoms with E-state index in [0.717, 1.165) is 50.6 Å². The van der Waals surface area contributed by atoms with Gasteiger partial charge in [0, 0.05) is 39.3 Å². The molecule has 0 unspecified atom stereocenters. The van der Waals surface area contributed by atoms with Crippen molar-refractivity contribution >= 4 is 21.5 Å². The highest BCUT2D eigenvalue weighted by Gasteiger charge is 2.12. The summed E-state index contributed by atoms with van der Waals surface area (Å²) in [7, 11) is 0. The molecule has 2 rings (SSSR count). The number of thiazole rings is 1. The maximum Gasteiger partial charge on any atom is 0.345 e. The van der Waals surface area contributed by atoms with Gasteiger partial charge in [-0.3, -0.25) is 15.0 Å². The summed E-state index contributed by atoms with van der Waals surface area (Å²) in [4.78, 5) is 16.4. The van der Waals surface area contributed by atoms with E-state index >= 15 is 0 Å². The molecule has 0 aliphatic carbocycles. The third-order valence-corrected chi connectivity index (χ3v) is 3.49. The summed E-state index contributed by atoms with van der Waals surface area (Å²) in [5.74, 6) is 0. The zero-order valence-corrected chi connectivity index (χ0v) is 10.2. The molecular formula is C9H15N5O2S. The Bertz CT molecular complexity index is 377. The molecule has 7 nitrogen and oxygen atoms in total. The predicted molar refractivity (Wildman–Crippen MR) is 66.6 cm³/mol. The van der Waals surface area contributed by atoms with Crippen molar-refractivity contribution in [2.24, 2.45) is 0 Å². The molecule has 17 heavy (non-hydrogen) atoms. The molecule has 1 aliphatic rings. The lowest BCUT2D eigenvalue weighted by molar-refractivity contribution is -0.380. The van der Waals surface area contributed by atoms with Crippen molar-refractivity contribution < 1.29 is 4.92 Å². The quantitative estimate of drug-likeness (QED) is 0.585. The van der Waals surface area contributed by atoms with E-state index in [2.05, 4.69) is 20.5 Å². The number of hydrogen-bond donors (Lipinski definition) is 2. The Kier molecular flexibility index (Phi) is 4.24. The largest absolute Gasteiger partial charge is 0.360 e. The van der Waals surface area contributed by atoms with Crippen molar-refractivity contribution in [3.05, 3.63) is 16.3 Å². The zero-order chi connectivity index (χ0) is 12.1. The van der Waals surface area contributed by atoms with Crippen molar-refractivity contribution in [1.29, 1.82) is 0 Å². The van der Waals surface area contributed by atoms with E-state index in [0.29, 0.717) is 5.13 Å². The molecule has 8 heteroatoms. The summed E-state index contributed by atoms with van der Waals surface area (Å²) in [5, 5.41) is 17.6. The van der Waals surface area contributed by atoms with E-state index < -0.39 is 4.92 Å². The maximum absolute atomic E-state index is 10.5. The second kappa shape index (κ2) is 5.89. The summed E-state index contributed by atoms with van der Waals surface area (Å²) in [6.45, 7) is 5.88. The fourth-order valence-electron chi connectivity index (χ4n) is 1.69. The van der Waals surface area contributed by atoms with E-state index in [-0.39, 0.29) is 5.00 Å². The summed E-state index contributed by atoms with van der Waals surface area (Å²) in [5.41, 5.74) is 0. The van der Waals surface area contributed by atoms with Gasteiger partial charge in [-0.05, 0) is 11.3 Å². The minimum Gasteiger partial charge on any atom is -0.360 e. The Hall–Kier alpha value is -1.25. The van der Waals surface area contributed by atoms with E-state index in [1.807, 2.05) is 0 Å². The Morgan fingerprint density at radius 2 is 2.35 bits per heavy atom. The highest BCUT2D eigenvalue weighted by atomic mass is 32.1. The van der Waals surface area contributed by atoms with Crippen LogP contribution in [-0.4, -0.2) is 54.1 Å². The average molecular weight is 257 g/mol. The summed E-state index contributed by atoms with van der Waals surface area (Å²) < 4.78 is 0. The van der Waals surface area contributed by atoms with Gasteiger partial charge in [0.05, 0.1) is 4.92 Å². The number of hydrogen-bond acceptors (Lipinski definition) is 7. The van der Waals surface area contributed by atoms with Gasteiger partial charge in [-0.1, -0.05) is 0 Å². The fourth-order valence-corrected chi connectivity index (χ4v) is 2.35. The molecule has 94 valence electrons. The Morgan fingerprint density at radius 1 is 1.59 bits per heavy atom. The monoisotopic (exact) mass is 257 g/mol. The van der Waals surface area contributed by atoms with Crippen molar-refractivity contribution in [2.45, 2.75) is 0 Å². The second-order valence-electron chi connectivity index (χ2n) is 3.78. The van der Waals surface area contributed by atoms with Crippen LogP contribution in [0.25, 0.3) is 0 Å². The van der Waals surface area contributed by atoms with Crippen molar-refractivity contribution in [1.82, 2.24) is 15.2 Å². The van der Waals surface area contributed by atoms with Crippen molar-refractivity contribution in [3.63, 3.8) is 0 Å². The average Bonchev–Trinajstić information content (AvgIpc) is 2.79. The fraction of sp³-hybridized carbons (Fsp3) is 0.667. The summed E-state index contributed by atoms with van der Waals surface area (Å²) in [6.07, 6.45) is 1.29. The van der Waals surface area contributed by atoms with Crippen LogP contribution in [0.4, 0.5) is 10.1 Å². The van der Waals surface area contributed by atoms with Crippen LogP contribution >= 0.6 is 11.3 Å². The van der Waals surface area contributed by atoms with E-state index in [4.69, 9.17) is 0 Å². The molecule has 2 heterocycles. The molecule has 0 atom stereocenters. The van der Waals surface area contributed by atoms with Gasteiger partial charge in [-0.25, -0.2) is 4.98 Å². The molecule has 1 aromatic rings. The van der Waals surface area contributed by atoms with Crippen LogP contribution in [-0.2, 0) is 0 Å². The lowest BCUT2D eigenvalue weighted by Crippen LogP contribution is -2.45. The number of piperazine rings is 1. The van der Waals surface area contributed by atoms with E-state index in [1.54, 1.807) is 0 Å². The number of anilines is 1. The summed E-state index contributed by atoms with van der Waals surface area (Å²) >= 11 is 1.08. The summed E-state index contributed by atoms with van der Waals surface area (Å²) in [6, 6.07) is 0. The molecule has 1 fully saturated rings. The molecule has 0 bridgehead atoms. The molecule has 0 aromatic carbocycles. The van der Waals surface area contributed by atoms with Crippen molar-refractivity contribution in [3.8, 4) is 0 Å². The first-order valence-electron chi connectivity index (χ1n) is 5.53. The van der Waals surface area contributed by atoms with E-state index in [9.17, 15) is 10.1 Å². The Morgan fingerprint density at radius 3 is 3.00 bits per heavy atom. The second-order valence-corrected chi connectivity index (χ2v) is 4.79. The minimum atomic E-state index is -0.418. The van der Waals surface area contributed by atoms with E-state index in [1.165, 1.54) is 6.20 Å². The van der Waals surface area contributed by atoms with Crippen LogP contribution in [0.1, 0.15) is 0 Å². The Labute approximate surface area is 103 Å². The third kappa shape index (κ3) is 3.62. The molecule has 0 spiro atoms. The standard InChI is InChI=1S/C9H15N5O2S/c15-14(16)8-7-12-9(17-8)11-3-6-13-4-1-10-2-5-13/h7,10H,1-6H2,(H,11,12). The van der Waals surface area contributed by atoms with Gasteiger partial charge < -0.3 is 10.6 Å². The van der Waals surface area contributed by atoms with Gasteiger partial charge >= 0.3 is 5.00 Å². The predicted octanol–water partition coefficient (Wildman–Crippen LogP) is 0.368. The van der Waals surface area contributed by atoms with Crippen molar-refractivity contribution in [2.75, 3.05) is 44.6 Å². The topological polar surface area (TPSA) is 83.3 Å². The molecule has 1 aliphatic heterocycles. The number of nitrogens with zero attached hydrogens (tertiary/aromatic N) is 3. The van der Waals surface area contributed by atoms with Gasteiger partial charge in [-0.2, -0.15) is 0 Å². The van der Waals surface area contributed by atoms with Gasteiger partial charge in [-0.15, -0.1) is 0 Å². The Balaban J connectivity index is 1.71. The highest BCUT2D eigenvalue weighted by molar-refractivity contribution is 7.18.